The number of hydrogen-bond acceptors (Lipinski definition) is 7. The Morgan fingerprint density at radius 3 is 2.79 bits per heavy atom. The summed E-state index contributed by atoms with van der Waals surface area (Å²) in [5.74, 6) is 2.87. The molecule has 2 aromatic carbocycles. The van der Waals surface area contributed by atoms with E-state index in [1.807, 2.05) is 60.7 Å². The lowest BCUT2D eigenvalue weighted by molar-refractivity contribution is 0.0836. The predicted octanol–water partition coefficient (Wildman–Crippen LogP) is 3.88. The number of nitrogens with zero attached hydrogens (tertiary/aromatic N) is 4. The molecular weight excluding hydrogens is 376 g/mol. The molecule has 0 N–H and O–H groups in total. The number of fused-ring (bicyclic) bond motifs is 2. The standard InChI is InChI=1S/C20H16N4O3S/c1-25-14-7-3-2-6-13(14)10-11-18-23-24-19(21-22-20(24)28-18)17-12-26-15-8-4-5-9-16(15)27-17/h2-11,17H,12H2,1H3/b11-10+. The minimum atomic E-state index is -0.363. The summed E-state index contributed by atoms with van der Waals surface area (Å²) in [6, 6.07) is 15.4. The van der Waals surface area contributed by atoms with Crippen LogP contribution >= 0.6 is 11.3 Å². The van der Waals surface area contributed by atoms with Crippen LogP contribution in [-0.2, 0) is 0 Å². The second-order valence-corrected chi connectivity index (χ2v) is 7.12. The monoisotopic (exact) mass is 392 g/mol. The summed E-state index contributed by atoms with van der Waals surface area (Å²) in [5.41, 5.74) is 0.983. The van der Waals surface area contributed by atoms with E-state index in [0.29, 0.717) is 23.1 Å². The van der Waals surface area contributed by atoms with Gasteiger partial charge in [-0.25, -0.2) is 0 Å². The maximum atomic E-state index is 6.03. The molecule has 140 valence electrons. The van der Waals surface area contributed by atoms with Crippen molar-refractivity contribution in [2.75, 3.05) is 13.7 Å². The van der Waals surface area contributed by atoms with E-state index in [0.717, 1.165) is 22.1 Å². The van der Waals surface area contributed by atoms with Gasteiger partial charge >= 0.3 is 0 Å². The van der Waals surface area contributed by atoms with E-state index in [4.69, 9.17) is 14.2 Å². The summed E-state index contributed by atoms with van der Waals surface area (Å²) < 4.78 is 18.9. The Morgan fingerprint density at radius 1 is 1.07 bits per heavy atom. The lowest BCUT2D eigenvalue weighted by Crippen LogP contribution is -2.23. The second kappa shape index (κ2) is 6.97. The van der Waals surface area contributed by atoms with Gasteiger partial charge < -0.3 is 14.2 Å². The number of para-hydroxylation sites is 3. The van der Waals surface area contributed by atoms with Crippen molar-refractivity contribution in [3.63, 3.8) is 0 Å². The maximum absolute atomic E-state index is 6.03. The van der Waals surface area contributed by atoms with Crippen molar-refractivity contribution in [1.29, 1.82) is 0 Å². The highest BCUT2D eigenvalue weighted by atomic mass is 32.1. The third-order valence-electron chi connectivity index (χ3n) is 4.37. The van der Waals surface area contributed by atoms with E-state index >= 15 is 0 Å². The highest BCUT2D eigenvalue weighted by molar-refractivity contribution is 7.17. The average molecular weight is 392 g/mol. The minimum Gasteiger partial charge on any atom is -0.496 e. The van der Waals surface area contributed by atoms with Crippen LogP contribution in [0.25, 0.3) is 17.1 Å². The molecule has 0 spiro atoms. The van der Waals surface area contributed by atoms with Crippen LogP contribution in [0.1, 0.15) is 22.5 Å². The fourth-order valence-corrected chi connectivity index (χ4v) is 3.78. The Balaban J connectivity index is 1.43. The van der Waals surface area contributed by atoms with Gasteiger partial charge in [-0.05, 0) is 30.4 Å². The molecule has 5 rings (SSSR count). The van der Waals surface area contributed by atoms with E-state index in [2.05, 4.69) is 15.3 Å². The van der Waals surface area contributed by atoms with Crippen LogP contribution in [0.4, 0.5) is 0 Å². The molecule has 1 aliphatic heterocycles. The van der Waals surface area contributed by atoms with Gasteiger partial charge in [-0.15, -0.1) is 10.2 Å². The highest BCUT2D eigenvalue weighted by Crippen LogP contribution is 2.35. The lowest BCUT2D eigenvalue weighted by Gasteiger charge is -2.24. The average Bonchev–Trinajstić information content (AvgIpc) is 3.32. The summed E-state index contributed by atoms with van der Waals surface area (Å²) in [4.78, 5) is 0.706. The molecule has 2 aromatic heterocycles. The van der Waals surface area contributed by atoms with Gasteiger partial charge in [-0.2, -0.15) is 9.61 Å². The number of benzene rings is 2. The first-order chi connectivity index (χ1) is 13.8. The minimum absolute atomic E-state index is 0.363. The van der Waals surface area contributed by atoms with E-state index in [9.17, 15) is 0 Å². The zero-order valence-electron chi connectivity index (χ0n) is 15.0. The van der Waals surface area contributed by atoms with Gasteiger partial charge in [-0.3, -0.25) is 0 Å². The Labute approximate surface area is 164 Å². The molecule has 0 fully saturated rings. The number of hydrogen-bond donors (Lipinski definition) is 0. The number of methoxy groups -OCH3 is 1. The van der Waals surface area contributed by atoms with Gasteiger partial charge in [0.1, 0.15) is 17.4 Å². The zero-order valence-corrected chi connectivity index (χ0v) is 15.8. The molecular formula is C20H16N4O3S. The van der Waals surface area contributed by atoms with E-state index in [-0.39, 0.29) is 6.10 Å². The number of rotatable bonds is 4. The van der Waals surface area contributed by atoms with Crippen LogP contribution in [0, 0.1) is 0 Å². The fraction of sp³-hybridized carbons (Fsp3) is 0.150. The van der Waals surface area contributed by atoms with E-state index < -0.39 is 0 Å². The van der Waals surface area contributed by atoms with Crippen LogP contribution in [0.3, 0.4) is 0 Å². The third-order valence-corrected chi connectivity index (χ3v) is 5.24. The van der Waals surface area contributed by atoms with Gasteiger partial charge in [0.05, 0.1) is 7.11 Å². The summed E-state index contributed by atoms with van der Waals surface area (Å²) in [7, 11) is 1.66. The van der Waals surface area contributed by atoms with Crippen molar-refractivity contribution in [1.82, 2.24) is 19.8 Å². The van der Waals surface area contributed by atoms with Gasteiger partial charge in [0.25, 0.3) is 0 Å². The first-order valence-corrected chi connectivity index (χ1v) is 9.55. The van der Waals surface area contributed by atoms with Crippen molar-refractivity contribution in [3.8, 4) is 17.2 Å². The molecule has 8 heteroatoms. The zero-order chi connectivity index (χ0) is 18.9. The predicted molar refractivity (Wildman–Crippen MR) is 106 cm³/mol. The largest absolute Gasteiger partial charge is 0.496 e. The quantitative estimate of drug-likeness (QED) is 0.525. The Hall–Kier alpha value is -3.39. The van der Waals surface area contributed by atoms with Crippen molar-refractivity contribution >= 4 is 28.4 Å². The summed E-state index contributed by atoms with van der Waals surface area (Å²) in [6.07, 6.45) is 3.55. The van der Waals surface area contributed by atoms with Crippen molar-refractivity contribution in [3.05, 3.63) is 64.9 Å². The van der Waals surface area contributed by atoms with Crippen LogP contribution in [0.2, 0.25) is 0 Å². The third kappa shape index (κ3) is 2.97. The van der Waals surface area contributed by atoms with Gasteiger partial charge in [0.15, 0.2) is 23.4 Å². The smallest absolute Gasteiger partial charge is 0.235 e. The van der Waals surface area contributed by atoms with Crippen LogP contribution in [0.5, 0.6) is 17.2 Å². The fourth-order valence-electron chi connectivity index (χ4n) is 3.03. The van der Waals surface area contributed by atoms with Gasteiger partial charge in [0, 0.05) is 5.56 Å². The number of aromatic nitrogens is 4. The maximum Gasteiger partial charge on any atom is 0.235 e. The molecule has 4 aromatic rings. The van der Waals surface area contributed by atoms with Crippen molar-refractivity contribution in [2.45, 2.75) is 6.10 Å². The molecule has 0 radical (unpaired) electrons. The first kappa shape index (κ1) is 16.8. The van der Waals surface area contributed by atoms with Gasteiger partial charge in [0.2, 0.25) is 4.96 Å². The van der Waals surface area contributed by atoms with Crippen LogP contribution in [0.15, 0.2) is 48.5 Å². The molecule has 1 unspecified atom stereocenters. The summed E-state index contributed by atoms with van der Waals surface area (Å²) in [6.45, 7) is 0.363. The molecule has 1 atom stereocenters. The van der Waals surface area contributed by atoms with Gasteiger partial charge in [-0.1, -0.05) is 41.7 Å². The van der Waals surface area contributed by atoms with E-state index in [1.165, 1.54) is 11.3 Å². The second-order valence-electron chi connectivity index (χ2n) is 6.13. The summed E-state index contributed by atoms with van der Waals surface area (Å²) in [5, 5.41) is 13.9. The first-order valence-electron chi connectivity index (χ1n) is 8.73. The Bertz CT molecular complexity index is 1170. The Morgan fingerprint density at radius 2 is 1.89 bits per heavy atom. The molecule has 3 heterocycles. The molecule has 0 aliphatic carbocycles. The van der Waals surface area contributed by atoms with Crippen LogP contribution < -0.4 is 14.2 Å². The van der Waals surface area contributed by atoms with Crippen molar-refractivity contribution in [2.24, 2.45) is 0 Å². The normalized spacial score (nSPS) is 16.0. The molecule has 0 saturated carbocycles. The molecule has 7 nitrogen and oxygen atoms in total. The summed E-state index contributed by atoms with van der Waals surface area (Å²) >= 11 is 1.45. The lowest BCUT2D eigenvalue weighted by atomic mass is 10.2. The molecule has 0 bridgehead atoms. The SMILES string of the molecule is COc1ccccc1/C=C/c1nn2c(C3COc4ccccc4O3)nnc2s1. The molecule has 1 aliphatic rings. The molecule has 0 saturated heterocycles. The van der Waals surface area contributed by atoms with Crippen molar-refractivity contribution < 1.29 is 14.2 Å². The topological polar surface area (TPSA) is 70.8 Å². The van der Waals surface area contributed by atoms with Crippen LogP contribution in [-0.4, -0.2) is 33.5 Å². The Kier molecular flexibility index (Phi) is 4.17. The molecule has 28 heavy (non-hydrogen) atoms. The number of ether oxygens (including phenoxy) is 3. The molecule has 0 amide bonds. The highest BCUT2D eigenvalue weighted by Gasteiger charge is 2.28. The van der Waals surface area contributed by atoms with E-state index in [1.54, 1.807) is 11.6 Å².